The van der Waals surface area contributed by atoms with E-state index >= 15 is 0 Å². The highest BCUT2D eigenvalue weighted by molar-refractivity contribution is 8.13. The van der Waals surface area contributed by atoms with E-state index < -0.39 is 17.9 Å². The van der Waals surface area contributed by atoms with Crippen LogP contribution in [0.15, 0.2) is 0 Å². The van der Waals surface area contributed by atoms with Crippen LogP contribution in [-0.4, -0.2) is 44.3 Å². The Labute approximate surface area is 83.7 Å². The summed E-state index contributed by atoms with van der Waals surface area (Å²) in [6.07, 6.45) is 0. The summed E-state index contributed by atoms with van der Waals surface area (Å²) in [5, 5.41) is 0. The van der Waals surface area contributed by atoms with Crippen molar-refractivity contribution in [1.82, 2.24) is 0 Å². The minimum Gasteiger partial charge on any atom is -0.377 e. The zero-order valence-electron chi connectivity index (χ0n) is 7.74. The van der Waals surface area contributed by atoms with Crippen molar-refractivity contribution in [3.05, 3.63) is 0 Å². The Kier molecular flexibility index (Phi) is 5.41. The first-order chi connectivity index (χ1) is 5.89. The first-order valence-electron chi connectivity index (χ1n) is 3.47. The van der Waals surface area contributed by atoms with Crippen LogP contribution < -0.4 is 0 Å². The van der Waals surface area contributed by atoms with Gasteiger partial charge in [-0.2, -0.15) is 0 Å². The van der Waals surface area contributed by atoms with Gasteiger partial charge in [0.05, 0.1) is 5.75 Å². The number of hydrogen-bond donors (Lipinski definition) is 0. The molecule has 80 valence electrons. The SMILES string of the molecule is CO[Si](CCS(=O)(=O)Cl)(OC)OC. The molecule has 0 amide bonds. The Bertz CT molecular complexity index is 229. The van der Waals surface area contributed by atoms with E-state index in [1.165, 1.54) is 21.3 Å². The maximum Gasteiger partial charge on any atom is 0.501 e. The highest BCUT2D eigenvalue weighted by atomic mass is 35.7. The van der Waals surface area contributed by atoms with Crippen molar-refractivity contribution in [3.8, 4) is 0 Å². The summed E-state index contributed by atoms with van der Waals surface area (Å²) >= 11 is 0. The highest BCUT2D eigenvalue weighted by Gasteiger charge is 2.38. The lowest BCUT2D eigenvalue weighted by Gasteiger charge is -2.23. The molecule has 8 heteroatoms. The predicted octanol–water partition coefficient (Wildman–Crippen LogP) is 0.433. The van der Waals surface area contributed by atoms with Gasteiger partial charge in [0.15, 0.2) is 0 Å². The van der Waals surface area contributed by atoms with Gasteiger partial charge >= 0.3 is 8.80 Å². The van der Waals surface area contributed by atoms with E-state index in [4.69, 9.17) is 24.0 Å². The van der Waals surface area contributed by atoms with Crippen molar-refractivity contribution >= 4 is 28.5 Å². The fourth-order valence-corrected chi connectivity index (χ4v) is 4.59. The van der Waals surface area contributed by atoms with E-state index in [1.54, 1.807) is 0 Å². The smallest absolute Gasteiger partial charge is 0.377 e. The molecule has 5 nitrogen and oxygen atoms in total. The summed E-state index contributed by atoms with van der Waals surface area (Å²) in [6.45, 7) is 0. The lowest BCUT2D eigenvalue weighted by atomic mass is 11.0. The first kappa shape index (κ1) is 13.3. The predicted molar refractivity (Wildman–Crippen MR) is 51.2 cm³/mol. The molecule has 0 aliphatic rings. The second kappa shape index (κ2) is 5.28. The summed E-state index contributed by atoms with van der Waals surface area (Å²) in [5.41, 5.74) is 0. The Morgan fingerprint density at radius 3 is 1.77 bits per heavy atom. The Morgan fingerprint density at radius 1 is 1.15 bits per heavy atom. The van der Waals surface area contributed by atoms with Gasteiger partial charge in [-0.3, -0.25) is 0 Å². The van der Waals surface area contributed by atoms with E-state index in [1.807, 2.05) is 0 Å². The van der Waals surface area contributed by atoms with Gasteiger partial charge in [-0.15, -0.1) is 0 Å². The van der Waals surface area contributed by atoms with Gasteiger partial charge in [0.2, 0.25) is 9.05 Å². The minimum absolute atomic E-state index is 0.155. The van der Waals surface area contributed by atoms with Crippen LogP contribution in [-0.2, 0) is 22.3 Å². The topological polar surface area (TPSA) is 61.8 Å². The van der Waals surface area contributed by atoms with E-state index in [2.05, 4.69) is 0 Å². The zero-order chi connectivity index (χ0) is 10.5. The summed E-state index contributed by atoms with van der Waals surface area (Å²) in [4.78, 5) is 0. The van der Waals surface area contributed by atoms with Gasteiger partial charge < -0.3 is 13.3 Å². The van der Waals surface area contributed by atoms with Crippen LogP contribution in [0.25, 0.3) is 0 Å². The lowest BCUT2D eigenvalue weighted by molar-refractivity contribution is 0.125. The molecule has 0 aromatic rings. The molecular weight excluding hydrogens is 236 g/mol. The summed E-state index contributed by atoms with van der Waals surface area (Å²) in [7, 11) is 2.98. The first-order valence-corrected chi connectivity index (χ1v) is 7.88. The van der Waals surface area contributed by atoms with Crippen LogP contribution in [0.1, 0.15) is 0 Å². The van der Waals surface area contributed by atoms with Crippen molar-refractivity contribution in [1.29, 1.82) is 0 Å². The molecule has 0 aliphatic heterocycles. The van der Waals surface area contributed by atoms with Crippen molar-refractivity contribution in [2.24, 2.45) is 0 Å². The average molecular weight is 249 g/mol. The molecule has 0 N–H and O–H groups in total. The number of hydrogen-bond acceptors (Lipinski definition) is 5. The second-order valence-corrected chi connectivity index (χ2v) is 8.28. The maximum absolute atomic E-state index is 10.6. The average Bonchev–Trinajstić information content (AvgIpc) is 2.06. The van der Waals surface area contributed by atoms with Crippen LogP contribution in [0.3, 0.4) is 0 Å². The van der Waals surface area contributed by atoms with Crippen LogP contribution in [0, 0.1) is 0 Å². The zero-order valence-corrected chi connectivity index (χ0v) is 10.3. The fourth-order valence-electron chi connectivity index (χ4n) is 0.803. The molecule has 0 aliphatic carbocycles. The molecule has 13 heavy (non-hydrogen) atoms. The van der Waals surface area contributed by atoms with Crippen LogP contribution in [0.4, 0.5) is 0 Å². The Morgan fingerprint density at radius 2 is 1.54 bits per heavy atom. The van der Waals surface area contributed by atoms with Crippen molar-refractivity contribution in [3.63, 3.8) is 0 Å². The monoisotopic (exact) mass is 248 g/mol. The Balaban J connectivity index is 4.27. The molecule has 0 bridgehead atoms. The molecule has 0 radical (unpaired) electrons. The lowest BCUT2D eigenvalue weighted by Crippen LogP contribution is -2.43. The van der Waals surface area contributed by atoms with Crippen LogP contribution in [0.5, 0.6) is 0 Å². The molecule has 0 aromatic carbocycles. The van der Waals surface area contributed by atoms with E-state index in [0.29, 0.717) is 0 Å². The molecule has 0 spiro atoms. The Hall–Kier alpha value is 0.337. The molecular formula is C5H13ClO5SSi. The van der Waals surface area contributed by atoms with Crippen LogP contribution >= 0.6 is 10.7 Å². The molecule has 0 unspecified atom stereocenters. The van der Waals surface area contributed by atoms with E-state index in [0.717, 1.165) is 0 Å². The molecule has 0 saturated carbocycles. The largest absolute Gasteiger partial charge is 0.501 e. The third-order valence-corrected chi connectivity index (χ3v) is 5.83. The van der Waals surface area contributed by atoms with Gasteiger partial charge in [-0.1, -0.05) is 0 Å². The summed E-state index contributed by atoms with van der Waals surface area (Å²) in [5.74, 6) is -0.212. The minimum atomic E-state index is -3.52. The van der Waals surface area contributed by atoms with Crippen molar-refractivity contribution in [2.45, 2.75) is 6.04 Å². The molecule has 0 aromatic heterocycles. The number of rotatable bonds is 6. The van der Waals surface area contributed by atoms with Crippen LogP contribution in [0.2, 0.25) is 6.04 Å². The molecule has 0 rings (SSSR count). The van der Waals surface area contributed by atoms with Gasteiger partial charge in [-0.05, 0) is 0 Å². The molecule has 0 fully saturated rings. The standard InChI is InChI=1S/C5H13ClO5SSi/c1-9-13(10-2,11-3)5-4-12(6,7)8/h4-5H2,1-3H3. The van der Waals surface area contributed by atoms with Crippen molar-refractivity contribution in [2.75, 3.05) is 27.1 Å². The van der Waals surface area contributed by atoms with Gasteiger partial charge in [0, 0.05) is 38.1 Å². The van der Waals surface area contributed by atoms with E-state index in [9.17, 15) is 8.42 Å². The van der Waals surface area contributed by atoms with Gasteiger partial charge in [0.1, 0.15) is 0 Å². The molecule has 0 heterocycles. The normalized spacial score (nSPS) is 13.2. The van der Waals surface area contributed by atoms with Gasteiger partial charge in [-0.25, -0.2) is 8.42 Å². The molecule has 0 saturated heterocycles. The van der Waals surface area contributed by atoms with Gasteiger partial charge in [0.25, 0.3) is 0 Å². The summed E-state index contributed by atoms with van der Waals surface area (Å²) < 4.78 is 36.3. The second-order valence-electron chi connectivity index (χ2n) is 2.29. The molecule has 0 atom stereocenters. The van der Waals surface area contributed by atoms with E-state index in [-0.39, 0.29) is 11.8 Å². The quantitative estimate of drug-likeness (QED) is 0.504. The third kappa shape index (κ3) is 4.94. The number of halogens is 1. The maximum atomic E-state index is 10.6. The fraction of sp³-hybridized carbons (Fsp3) is 1.00. The third-order valence-electron chi connectivity index (χ3n) is 1.59. The summed E-state index contributed by atoms with van der Waals surface area (Å²) in [6, 6.07) is 0.155. The van der Waals surface area contributed by atoms with Crippen molar-refractivity contribution < 1.29 is 21.7 Å². The highest BCUT2D eigenvalue weighted by Crippen LogP contribution is 2.14.